The van der Waals surface area contributed by atoms with E-state index in [1.807, 2.05) is 0 Å². The standard InChI is InChI=1S/C13H21NO5S/c1-9-7-14(8-10(9)11(15)16)12(17)13(20(2,18)19)5-3-4-6-13/h9-10H,3-8H2,1-2H3,(H,15,16)/t9-,10-/m1/s1. The van der Waals surface area contributed by atoms with Gasteiger partial charge in [0.15, 0.2) is 14.6 Å². The molecule has 0 spiro atoms. The van der Waals surface area contributed by atoms with Crippen molar-refractivity contribution in [2.24, 2.45) is 11.8 Å². The molecular weight excluding hydrogens is 282 g/mol. The van der Waals surface area contributed by atoms with Crippen LogP contribution in [0.1, 0.15) is 32.6 Å². The summed E-state index contributed by atoms with van der Waals surface area (Å²) in [6.45, 7) is 2.23. The van der Waals surface area contributed by atoms with Crippen LogP contribution in [0.3, 0.4) is 0 Å². The number of carbonyl (C=O) groups excluding carboxylic acids is 1. The van der Waals surface area contributed by atoms with Crippen LogP contribution in [-0.4, -0.2) is 54.4 Å². The number of aliphatic carboxylic acids is 1. The Hall–Kier alpha value is -1.11. The minimum Gasteiger partial charge on any atom is -0.481 e. The predicted molar refractivity (Wildman–Crippen MR) is 72.9 cm³/mol. The first-order valence-electron chi connectivity index (χ1n) is 6.91. The van der Waals surface area contributed by atoms with Crippen molar-refractivity contribution in [1.29, 1.82) is 0 Å². The molecule has 2 aliphatic rings. The van der Waals surface area contributed by atoms with Gasteiger partial charge in [-0.2, -0.15) is 0 Å². The second-order valence-corrected chi connectivity index (χ2v) is 8.43. The molecule has 0 aromatic rings. The van der Waals surface area contributed by atoms with Crippen LogP contribution in [-0.2, 0) is 19.4 Å². The third-order valence-electron chi connectivity index (χ3n) is 4.73. The van der Waals surface area contributed by atoms with Gasteiger partial charge in [-0.05, 0) is 18.8 Å². The van der Waals surface area contributed by atoms with Crippen molar-refractivity contribution >= 4 is 21.7 Å². The van der Waals surface area contributed by atoms with Crippen LogP contribution < -0.4 is 0 Å². The summed E-state index contributed by atoms with van der Waals surface area (Å²) in [4.78, 5) is 25.2. The van der Waals surface area contributed by atoms with E-state index in [1.54, 1.807) is 6.92 Å². The average molecular weight is 303 g/mol. The monoisotopic (exact) mass is 303 g/mol. The molecule has 0 aromatic carbocycles. The SMILES string of the molecule is C[C@@H]1CN(C(=O)C2(S(C)(=O)=O)CCCC2)C[C@H]1C(=O)O. The van der Waals surface area contributed by atoms with Gasteiger partial charge in [0.1, 0.15) is 0 Å². The van der Waals surface area contributed by atoms with Gasteiger partial charge in [0.25, 0.3) is 0 Å². The third-order valence-corrected chi connectivity index (χ3v) is 6.73. The maximum Gasteiger partial charge on any atom is 0.308 e. The van der Waals surface area contributed by atoms with E-state index < -0.39 is 32.4 Å². The van der Waals surface area contributed by atoms with Crippen LogP contribution in [0.25, 0.3) is 0 Å². The molecule has 1 aliphatic heterocycles. The Balaban J connectivity index is 2.25. The third kappa shape index (κ3) is 2.32. The van der Waals surface area contributed by atoms with Gasteiger partial charge in [-0.3, -0.25) is 9.59 Å². The minimum absolute atomic E-state index is 0.118. The first kappa shape index (κ1) is 15.3. The lowest BCUT2D eigenvalue weighted by atomic mass is 9.99. The molecule has 0 bridgehead atoms. The number of hydrogen-bond acceptors (Lipinski definition) is 4. The van der Waals surface area contributed by atoms with Crippen molar-refractivity contribution in [3.63, 3.8) is 0 Å². The van der Waals surface area contributed by atoms with E-state index in [2.05, 4.69) is 0 Å². The molecule has 0 aromatic heterocycles. The van der Waals surface area contributed by atoms with Crippen molar-refractivity contribution in [2.45, 2.75) is 37.4 Å². The van der Waals surface area contributed by atoms with Crippen LogP contribution in [0.2, 0.25) is 0 Å². The molecule has 7 heteroatoms. The van der Waals surface area contributed by atoms with E-state index in [0.29, 0.717) is 19.4 Å². The number of carbonyl (C=O) groups is 2. The van der Waals surface area contributed by atoms with Gasteiger partial charge in [0.2, 0.25) is 5.91 Å². The van der Waals surface area contributed by atoms with Crippen molar-refractivity contribution < 1.29 is 23.1 Å². The lowest BCUT2D eigenvalue weighted by molar-refractivity contribution is -0.142. The molecule has 20 heavy (non-hydrogen) atoms. The highest BCUT2D eigenvalue weighted by molar-refractivity contribution is 7.92. The quantitative estimate of drug-likeness (QED) is 0.821. The number of rotatable bonds is 3. The van der Waals surface area contributed by atoms with Crippen LogP contribution in [0.5, 0.6) is 0 Å². The van der Waals surface area contributed by atoms with E-state index >= 15 is 0 Å². The Morgan fingerprint density at radius 3 is 2.15 bits per heavy atom. The summed E-state index contributed by atoms with van der Waals surface area (Å²) in [5.41, 5.74) is 0. The summed E-state index contributed by atoms with van der Waals surface area (Å²) in [6, 6.07) is 0. The van der Waals surface area contributed by atoms with Crippen molar-refractivity contribution in [2.75, 3.05) is 19.3 Å². The molecule has 1 heterocycles. The van der Waals surface area contributed by atoms with Crippen molar-refractivity contribution in [3.05, 3.63) is 0 Å². The summed E-state index contributed by atoms with van der Waals surface area (Å²) in [5, 5.41) is 9.12. The minimum atomic E-state index is -3.49. The van der Waals surface area contributed by atoms with E-state index in [9.17, 15) is 18.0 Å². The normalized spacial score (nSPS) is 29.6. The van der Waals surface area contributed by atoms with Crippen LogP contribution in [0, 0.1) is 11.8 Å². The van der Waals surface area contributed by atoms with Gasteiger partial charge in [-0.25, -0.2) is 8.42 Å². The number of sulfone groups is 1. The molecule has 1 saturated heterocycles. The fourth-order valence-electron chi connectivity index (χ4n) is 3.43. The Morgan fingerprint density at radius 1 is 1.20 bits per heavy atom. The Bertz CT molecular complexity index is 521. The Kier molecular flexibility index (Phi) is 3.83. The lowest BCUT2D eigenvalue weighted by Gasteiger charge is -2.30. The molecule has 1 amide bonds. The molecule has 2 rings (SSSR count). The molecule has 1 N–H and O–H groups in total. The summed E-state index contributed by atoms with van der Waals surface area (Å²) < 4.78 is 22.9. The number of amides is 1. The molecule has 0 radical (unpaired) electrons. The second-order valence-electron chi connectivity index (χ2n) is 6.11. The number of carboxylic acid groups (broad SMARTS) is 1. The number of nitrogens with zero attached hydrogens (tertiary/aromatic N) is 1. The predicted octanol–water partition coefficient (Wildman–Crippen LogP) is 0.523. The van der Waals surface area contributed by atoms with E-state index in [1.165, 1.54) is 4.90 Å². The second kappa shape index (κ2) is 5.02. The van der Waals surface area contributed by atoms with Gasteiger partial charge < -0.3 is 10.0 Å². The lowest BCUT2D eigenvalue weighted by Crippen LogP contribution is -2.51. The van der Waals surface area contributed by atoms with Crippen molar-refractivity contribution in [3.8, 4) is 0 Å². The fraction of sp³-hybridized carbons (Fsp3) is 0.846. The summed E-state index contributed by atoms with van der Waals surface area (Å²) in [6.07, 6.45) is 3.28. The fourth-order valence-corrected chi connectivity index (χ4v) is 4.91. The molecule has 2 atom stereocenters. The zero-order valence-corrected chi connectivity index (χ0v) is 12.6. The molecule has 1 aliphatic carbocycles. The topological polar surface area (TPSA) is 91.8 Å². The zero-order valence-electron chi connectivity index (χ0n) is 11.8. The summed E-state index contributed by atoms with van der Waals surface area (Å²) >= 11 is 0. The van der Waals surface area contributed by atoms with Gasteiger partial charge in [-0.15, -0.1) is 0 Å². The molecule has 0 unspecified atom stereocenters. The first-order valence-corrected chi connectivity index (χ1v) is 8.80. The van der Waals surface area contributed by atoms with Gasteiger partial charge in [0.05, 0.1) is 5.92 Å². The van der Waals surface area contributed by atoms with E-state index in [0.717, 1.165) is 19.1 Å². The highest BCUT2D eigenvalue weighted by Crippen LogP contribution is 2.39. The van der Waals surface area contributed by atoms with E-state index in [4.69, 9.17) is 5.11 Å². The summed E-state index contributed by atoms with van der Waals surface area (Å²) in [7, 11) is -3.49. The average Bonchev–Trinajstić information content (AvgIpc) is 2.93. The van der Waals surface area contributed by atoms with E-state index in [-0.39, 0.29) is 12.5 Å². The smallest absolute Gasteiger partial charge is 0.308 e. The van der Waals surface area contributed by atoms with Crippen LogP contribution in [0.4, 0.5) is 0 Å². The Morgan fingerprint density at radius 2 is 1.75 bits per heavy atom. The first-order chi connectivity index (χ1) is 9.19. The maximum atomic E-state index is 12.7. The molecule has 2 fully saturated rings. The highest BCUT2D eigenvalue weighted by Gasteiger charge is 2.53. The molecular formula is C13H21NO5S. The highest BCUT2D eigenvalue weighted by atomic mass is 32.2. The molecule has 114 valence electrons. The van der Waals surface area contributed by atoms with Crippen molar-refractivity contribution in [1.82, 2.24) is 4.90 Å². The van der Waals surface area contributed by atoms with Gasteiger partial charge in [-0.1, -0.05) is 19.8 Å². The van der Waals surface area contributed by atoms with Gasteiger partial charge >= 0.3 is 5.97 Å². The largest absolute Gasteiger partial charge is 0.481 e. The number of hydrogen-bond donors (Lipinski definition) is 1. The molecule has 1 saturated carbocycles. The van der Waals surface area contributed by atoms with Crippen LogP contribution in [0.15, 0.2) is 0 Å². The van der Waals surface area contributed by atoms with Crippen LogP contribution >= 0.6 is 0 Å². The Labute approximate surface area is 119 Å². The maximum absolute atomic E-state index is 12.7. The summed E-state index contributed by atoms with van der Waals surface area (Å²) in [5.74, 6) is -2.06. The van der Waals surface area contributed by atoms with Gasteiger partial charge in [0, 0.05) is 19.3 Å². The zero-order chi connectivity index (χ0) is 15.1. The molecule has 6 nitrogen and oxygen atoms in total. The number of carboxylic acids is 1. The number of likely N-dealkylation sites (tertiary alicyclic amines) is 1.